The van der Waals surface area contributed by atoms with Gasteiger partial charge in [-0.25, -0.2) is 4.59 Å². The average Bonchev–Trinajstić information content (AvgIpc) is 2.21. The van der Waals surface area contributed by atoms with Crippen molar-refractivity contribution in [1.29, 1.82) is 0 Å². The summed E-state index contributed by atoms with van der Waals surface area (Å²) in [5.74, 6) is -0.274. The molecule has 0 rings (SSSR count). The molecule has 0 aliphatic rings. The summed E-state index contributed by atoms with van der Waals surface area (Å²) in [7, 11) is -0.519. The fourth-order valence-electron chi connectivity index (χ4n) is 1.66. The number of nitrogens with one attached hydrogen (secondary N) is 1. The molecule has 0 fully saturated rings. The quantitative estimate of drug-likeness (QED) is 0.304. The number of carbonyl (C=O) groups is 1. The van der Waals surface area contributed by atoms with Crippen LogP contribution in [-0.2, 0) is 14.9 Å². The summed E-state index contributed by atoms with van der Waals surface area (Å²) in [6.45, 7) is 7.42. The Bertz CT molecular complexity index is 429. The monoisotopic (exact) mass is 293 g/mol. The van der Waals surface area contributed by atoms with Crippen LogP contribution in [0.25, 0.3) is 0 Å². The van der Waals surface area contributed by atoms with Crippen LogP contribution < -0.4 is 5.43 Å². The number of nitrogens with zero attached hydrogens (tertiary/aromatic N) is 1. The fourth-order valence-corrected chi connectivity index (χ4v) is 2.59. The van der Waals surface area contributed by atoms with Gasteiger partial charge >= 0.3 is 0 Å². The van der Waals surface area contributed by atoms with E-state index in [0.29, 0.717) is 25.0 Å². The zero-order valence-corrected chi connectivity index (χ0v) is 13.0. The highest BCUT2D eigenvalue weighted by Gasteiger charge is 2.27. The Morgan fingerprint density at radius 1 is 1.37 bits per heavy atom. The Balaban J connectivity index is 4.58. The largest absolute Gasteiger partial charge is 0.290 e. The Hall–Kier alpha value is -0.920. The molecule has 0 aromatic rings. The molecule has 0 aromatic carbocycles. The molecule has 0 heterocycles. The first kappa shape index (κ1) is 18.1. The third-order valence-corrected chi connectivity index (χ3v) is 4.15. The minimum absolute atomic E-state index is 0.140. The first-order chi connectivity index (χ1) is 8.49. The summed E-state index contributed by atoms with van der Waals surface area (Å²) in [6, 6.07) is 0. The third kappa shape index (κ3) is 7.29. The minimum Gasteiger partial charge on any atom is -0.285 e. The van der Waals surface area contributed by atoms with E-state index in [1.54, 1.807) is 21.0 Å². The van der Waals surface area contributed by atoms with Crippen LogP contribution in [0.2, 0.25) is 0 Å². The lowest BCUT2D eigenvalue weighted by Gasteiger charge is -2.30. The summed E-state index contributed by atoms with van der Waals surface area (Å²) >= 11 is 0. The summed E-state index contributed by atoms with van der Waals surface area (Å²) in [5.41, 5.74) is 3.12. The molecule has 1 atom stereocenters. The first-order valence-corrected chi connectivity index (χ1v) is 7.77. The van der Waals surface area contributed by atoms with Crippen molar-refractivity contribution in [2.45, 2.75) is 38.4 Å². The lowest BCUT2D eigenvalue weighted by molar-refractivity contribution is -0.925. The third-order valence-electron chi connectivity index (χ3n) is 2.83. The Morgan fingerprint density at radius 3 is 2.26 bits per heavy atom. The molecule has 1 amide bonds. The maximum absolute atomic E-state index is 11.5. The zero-order chi connectivity index (χ0) is 15.3. The van der Waals surface area contributed by atoms with Crippen LogP contribution in [0.15, 0.2) is 12.2 Å². The highest BCUT2D eigenvalue weighted by atomic mass is 32.2. The first-order valence-electron chi connectivity index (χ1n) is 6.27. The number of hydrogen-bond acceptors (Lipinski definition) is 3. The molecule has 2 N–H and O–H groups in total. The molecular weight excluding hydrogens is 268 g/mol. The summed E-state index contributed by atoms with van der Waals surface area (Å²) in [5, 5.41) is -0.781. The highest BCUT2D eigenvalue weighted by molar-refractivity contribution is 7.86. The number of hydrogen-bond donors (Lipinski definition) is 2. The van der Waals surface area contributed by atoms with Gasteiger partial charge in [0.15, 0.2) is 0 Å². The molecule has 112 valence electrons. The maximum atomic E-state index is 11.5. The van der Waals surface area contributed by atoms with Crippen molar-refractivity contribution in [2.24, 2.45) is 0 Å². The van der Waals surface area contributed by atoms with E-state index in [9.17, 15) is 13.2 Å². The van der Waals surface area contributed by atoms with Gasteiger partial charge in [0.05, 0.1) is 19.3 Å². The topological polar surface area (TPSA) is 83.5 Å². The molecule has 19 heavy (non-hydrogen) atoms. The smallest absolute Gasteiger partial charge is 0.285 e. The van der Waals surface area contributed by atoms with Gasteiger partial charge in [-0.1, -0.05) is 19.9 Å². The van der Waals surface area contributed by atoms with Gasteiger partial charge in [-0.05, 0) is 13.3 Å². The van der Waals surface area contributed by atoms with Crippen LogP contribution in [0, 0.1) is 0 Å². The predicted molar refractivity (Wildman–Crippen MR) is 74.8 cm³/mol. The van der Waals surface area contributed by atoms with Crippen molar-refractivity contribution >= 4 is 16.0 Å². The summed E-state index contributed by atoms with van der Waals surface area (Å²) in [4.78, 5) is 11.5. The molecule has 0 aliphatic heterocycles. The molecule has 0 spiro atoms. The maximum Gasteiger partial charge on any atom is 0.290 e. The van der Waals surface area contributed by atoms with Crippen LogP contribution in [0.1, 0.15) is 33.1 Å². The van der Waals surface area contributed by atoms with Gasteiger partial charge in [0.1, 0.15) is 6.54 Å². The van der Waals surface area contributed by atoms with E-state index in [-0.39, 0.29) is 16.9 Å². The standard InChI is InChI=1S/C12H24N2O4S/c1-6-7-11(19(16,17)18)8-9-14(4,5)13-12(15)10(2)3/h11H,2,6-9H2,1,3-5H3,(H-,13,15,16,17,18)/p+1. The summed E-state index contributed by atoms with van der Waals surface area (Å²) in [6.07, 6.45) is 1.37. The van der Waals surface area contributed by atoms with Gasteiger partial charge in [0, 0.05) is 12.0 Å². The van der Waals surface area contributed by atoms with Crippen LogP contribution in [0.5, 0.6) is 0 Å². The normalized spacial score (nSPS) is 13.9. The van der Waals surface area contributed by atoms with Crippen molar-refractivity contribution in [3.63, 3.8) is 0 Å². The molecule has 0 aliphatic carbocycles. The molecule has 0 radical (unpaired) electrons. The summed E-state index contributed by atoms with van der Waals surface area (Å²) < 4.78 is 31.7. The Labute approximate surface area is 115 Å². The van der Waals surface area contributed by atoms with E-state index in [2.05, 4.69) is 12.0 Å². The number of quaternary nitrogens is 1. The van der Waals surface area contributed by atoms with Crippen LogP contribution in [0.3, 0.4) is 0 Å². The van der Waals surface area contributed by atoms with Crippen LogP contribution in [0.4, 0.5) is 0 Å². The molecule has 0 saturated carbocycles. The number of rotatable bonds is 8. The lowest BCUT2D eigenvalue weighted by atomic mass is 10.2. The average molecular weight is 293 g/mol. The van der Waals surface area contributed by atoms with Gasteiger partial charge in [0.2, 0.25) is 0 Å². The molecular formula is C12H25N2O4S+. The van der Waals surface area contributed by atoms with E-state index in [4.69, 9.17) is 4.55 Å². The Kier molecular flexibility index (Phi) is 6.68. The molecule has 6 nitrogen and oxygen atoms in total. The van der Waals surface area contributed by atoms with E-state index in [1.807, 2.05) is 6.92 Å². The van der Waals surface area contributed by atoms with Crippen LogP contribution >= 0.6 is 0 Å². The number of amides is 1. The van der Waals surface area contributed by atoms with Gasteiger partial charge in [0.25, 0.3) is 16.0 Å². The second-order valence-corrected chi connectivity index (χ2v) is 7.04. The van der Waals surface area contributed by atoms with Crippen LogP contribution in [-0.4, -0.2) is 49.4 Å². The van der Waals surface area contributed by atoms with Gasteiger partial charge in [-0.2, -0.15) is 13.8 Å². The lowest BCUT2D eigenvalue weighted by Crippen LogP contribution is -2.55. The fraction of sp³-hybridized carbons (Fsp3) is 0.750. The second-order valence-electron chi connectivity index (χ2n) is 5.34. The minimum atomic E-state index is -4.03. The second kappa shape index (κ2) is 7.02. The van der Waals surface area contributed by atoms with Crippen molar-refractivity contribution in [1.82, 2.24) is 5.43 Å². The zero-order valence-electron chi connectivity index (χ0n) is 12.1. The predicted octanol–water partition coefficient (Wildman–Crippen LogP) is 1.12. The number of carbonyl (C=O) groups excluding carboxylic acids is 1. The van der Waals surface area contributed by atoms with E-state index in [0.717, 1.165) is 0 Å². The molecule has 7 heteroatoms. The van der Waals surface area contributed by atoms with E-state index < -0.39 is 15.4 Å². The molecule has 0 bridgehead atoms. The molecule has 1 unspecified atom stereocenters. The highest BCUT2D eigenvalue weighted by Crippen LogP contribution is 2.13. The Morgan fingerprint density at radius 2 is 1.89 bits per heavy atom. The van der Waals surface area contributed by atoms with E-state index in [1.165, 1.54) is 0 Å². The molecule has 0 saturated heterocycles. The van der Waals surface area contributed by atoms with Gasteiger partial charge in [-0.15, -0.1) is 0 Å². The van der Waals surface area contributed by atoms with Crippen molar-refractivity contribution in [3.8, 4) is 0 Å². The van der Waals surface area contributed by atoms with Crippen molar-refractivity contribution in [3.05, 3.63) is 12.2 Å². The van der Waals surface area contributed by atoms with Crippen molar-refractivity contribution in [2.75, 3.05) is 20.6 Å². The molecule has 0 aromatic heterocycles. The van der Waals surface area contributed by atoms with Gasteiger partial charge < -0.3 is 0 Å². The van der Waals surface area contributed by atoms with Crippen molar-refractivity contribution < 1.29 is 22.4 Å². The SMILES string of the molecule is C=C(C)C(=O)N[N+](C)(C)CCC(CCC)S(=O)(=O)O. The van der Waals surface area contributed by atoms with Gasteiger partial charge in [-0.3, -0.25) is 9.35 Å². The van der Waals surface area contributed by atoms with E-state index >= 15 is 0 Å².